The number of benzene rings is 1. The molecule has 0 bridgehead atoms. The Hall–Kier alpha value is -1.07. The molecule has 0 aliphatic carbocycles. The molecule has 2 rings (SSSR count). The van der Waals surface area contributed by atoms with Crippen molar-refractivity contribution in [1.29, 1.82) is 0 Å². The summed E-state index contributed by atoms with van der Waals surface area (Å²) < 4.78 is 26.1. The fourth-order valence-electron chi connectivity index (χ4n) is 1.93. The van der Waals surface area contributed by atoms with Gasteiger partial charge in [-0.05, 0) is 12.1 Å². The van der Waals surface area contributed by atoms with Crippen LogP contribution in [0, 0.1) is 13.0 Å². The molecule has 1 heterocycles. The zero-order valence-corrected chi connectivity index (χ0v) is 13.6. The molecule has 0 atom stereocenters. The number of aromatic hydroxyl groups is 1. The Labute approximate surface area is 140 Å². The number of phenols is 1. The van der Waals surface area contributed by atoms with Crippen LogP contribution >= 0.6 is 0 Å². The van der Waals surface area contributed by atoms with E-state index in [-0.39, 0.29) is 38.5 Å². The first-order valence-corrected chi connectivity index (χ1v) is 5.68. The molecular weight excluding hydrogens is 341 g/mol. The van der Waals surface area contributed by atoms with Crippen molar-refractivity contribution >= 4 is 0 Å². The topological polar surface area (TPSA) is 42.2 Å². The number of phenolic OH excluding ortho intramolecular Hbond substituents is 1. The number of alkyl halides is 2. The predicted molar refractivity (Wildman–Crippen MR) is 67.4 cm³/mol. The molecule has 0 aliphatic heterocycles. The third-order valence-corrected chi connectivity index (χ3v) is 2.77. The first-order valence-electron chi connectivity index (χ1n) is 5.68. The number of rotatable bonds is 3. The molecular formula is C14H12F2NO2Y-. The van der Waals surface area contributed by atoms with Crippen molar-refractivity contribution in [2.75, 3.05) is 0 Å². The van der Waals surface area contributed by atoms with Gasteiger partial charge in [-0.1, -0.05) is 29.8 Å². The smallest absolute Gasteiger partial charge is 0.256 e. The second-order valence-corrected chi connectivity index (χ2v) is 4.17. The van der Waals surface area contributed by atoms with E-state index in [2.05, 4.69) is 6.07 Å². The molecule has 0 spiro atoms. The number of nitrogens with zero attached hydrogens (tertiary/aromatic N) is 1. The fraction of sp³-hybridized carbons (Fsp3) is 0.214. The van der Waals surface area contributed by atoms with E-state index in [1.54, 1.807) is 13.0 Å². The van der Waals surface area contributed by atoms with Gasteiger partial charge in [0.05, 0.1) is 6.54 Å². The van der Waals surface area contributed by atoms with Crippen LogP contribution in [0.3, 0.4) is 0 Å². The molecule has 20 heavy (non-hydrogen) atoms. The zero-order chi connectivity index (χ0) is 14.0. The minimum Gasteiger partial charge on any atom is -0.508 e. The third-order valence-electron chi connectivity index (χ3n) is 2.77. The third kappa shape index (κ3) is 3.73. The number of hydrogen-bond donors (Lipinski definition) is 1. The van der Waals surface area contributed by atoms with Crippen LogP contribution in [-0.4, -0.2) is 16.1 Å². The summed E-state index contributed by atoms with van der Waals surface area (Å²) in [6, 6.07) is 9.95. The first kappa shape index (κ1) is 17.0. The second-order valence-electron chi connectivity index (χ2n) is 4.17. The molecule has 1 N–H and O–H groups in total. The summed E-state index contributed by atoms with van der Waals surface area (Å²) >= 11 is 0. The van der Waals surface area contributed by atoms with E-state index in [1.165, 1.54) is 24.3 Å². The van der Waals surface area contributed by atoms with E-state index in [0.29, 0.717) is 16.8 Å². The van der Waals surface area contributed by atoms with Crippen molar-refractivity contribution < 1.29 is 46.6 Å². The summed E-state index contributed by atoms with van der Waals surface area (Å²) in [5.41, 5.74) is 1.08. The molecule has 3 nitrogen and oxygen atoms in total. The van der Waals surface area contributed by atoms with Gasteiger partial charge < -0.3 is 9.67 Å². The van der Waals surface area contributed by atoms with Crippen molar-refractivity contribution in [3.8, 4) is 17.0 Å². The Kier molecular flexibility index (Phi) is 6.02. The summed E-state index contributed by atoms with van der Waals surface area (Å²) in [4.78, 5) is 11.7. The summed E-state index contributed by atoms with van der Waals surface area (Å²) in [5, 5.41) is 9.35. The minimum absolute atomic E-state index is 0. The van der Waals surface area contributed by atoms with Crippen molar-refractivity contribution in [2.45, 2.75) is 19.9 Å². The number of hydrogen-bond acceptors (Lipinski definition) is 2. The molecule has 0 fully saturated rings. The maximum Gasteiger partial charge on any atom is 0.256 e. The largest absolute Gasteiger partial charge is 0.508 e. The van der Waals surface area contributed by atoms with E-state index in [4.69, 9.17) is 0 Å². The summed E-state index contributed by atoms with van der Waals surface area (Å²) in [6.45, 7) is 1.05. The van der Waals surface area contributed by atoms with E-state index >= 15 is 0 Å². The molecule has 0 saturated heterocycles. The van der Waals surface area contributed by atoms with Crippen LogP contribution in [0.2, 0.25) is 0 Å². The maximum atomic E-state index is 12.5. The summed E-state index contributed by atoms with van der Waals surface area (Å²) in [7, 11) is 0. The molecule has 1 aromatic heterocycles. The molecule has 0 unspecified atom stereocenters. The van der Waals surface area contributed by atoms with Crippen molar-refractivity contribution in [3.05, 3.63) is 52.3 Å². The van der Waals surface area contributed by atoms with Gasteiger partial charge in [0.2, 0.25) is 0 Å². The van der Waals surface area contributed by atoms with Crippen molar-refractivity contribution in [1.82, 2.24) is 4.57 Å². The molecule has 1 radical (unpaired) electrons. The van der Waals surface area contributed by atoms with Crippen molar-refractivity contribution in [2.24, 2.45) is 0 Å². The Morgan fingerprint density at radius 1 is 1.35 bits per heavy atom. The average Bonchev–Trinajstić information content (AvgIpc) is 2.32. The molecule has 6 heteroatoms. The van der Waals surface area contributed by atoms with Gasteiger partial charge in [-0.25, -0.2) is 8.78 Å². The Morgan fingerprint density at radius 2 is 2.05 bits per heavy atom. The van der Waals surface area contributed by atoms with Crippen LogP contribution in [0.4, 0.5) is 8.78 Å². The number of aromatic nitrogens is 1. The maximum absolute atomic E-state index is 12.5. The van der Waals surface area contributed by atoms with Gasteiger partial charge in [0.25, 0.3) is 6.43 Å². The SMILES string of the molecule is Cc1cc(O)ccc1-c1[c-]ccc(=O)n1CC(F)F.[Y]. The number of halogens is 2. The van der Waals surface area contributed by atoms with E-state index in [9.17, 15) is 18.7 Å². The van der Waals surface area contributed by atoms with Gasteiger partial charge in [-0.3, -0.25) is 4.79 Å². The first-order chi connectivity index (χ1) is 8.99. The Balaban J connectivity index is 0.00000200. The fourth-order valence-corrected chi connectivity index (χ4v) is 1.93. The van der Waals surface area contributed by atoms with E-state index in [0.717, 1.165) is 4.57 Å². The quantitative estimate of drug-likeness (QED) is 0.862. The van der Waals surface area contributed by atoms with Gasteiger partial charge in [0.15, 0.2) is 5.56 Å². The minimum atomic E-state index is -2.62. The van der Waals surface area contributed by atoms with Crippen LogP contribution < -0.4 is 5.56 Å². The standard InChI is InChI=1S/C14H12F2NO2.Y/c1-9-7-10(18)5-6-11(9)12-3-2-4-14(19)17(12)8-13(15)16;/h2,4-7,13,18H,8H2,1H3;/q-1;. The molecule has 0 saturated carbocycles. The zero-order valence-electron chi connectivity index (χ0n) is 10.8. The Morgan fingerprint density at radius 3 is 2.65 bits per heavy atom. The molecule has 103 valence electrons. The van der Waals surface area contributed by atoms with Crippen LogP contribution in [0.25, 0.3) is 11.3 Å². The monoisotopic (exact) mass is 353 g/mol. The normalized spacial score (nSPS) is 10.4. The number of aryl methyl sites for hydroxylation is 1. The van der Waals surface area contributed by atoms with E-state index in [1.807, 2.05) is 0 Å². The van der Waals surface area contributed by atoms with Crippen LogP contribution in [-0.2, 0) is 39.3 Å². The molecule has 2 aromatic rings. The van der Waals surface area contributed by atoms with Gasteiger partial charge in [0, 0.05) is 32.7 Å². The number of pyridine rings is 1. The molecule has 1 aromatic carbocycles. The van der Waals surface area contributed by atoms with Crippen LogP contribution in [0.1, 0.15) is 5.56 Å². The predicted octanol–water partition coefficient (Wildman–Crippen LogP) is 2.59. The van der Waals surface area contributed by atoms with Gasteiger partial charge in [0.1, 0.15) is 5.75 Å². The van der Waals surface area contributed by atoms with Crippen molar-refractivity contribution in [3.63, 3.8) is 0 Å². The summed E-state index contributed by atoms with van der Waals surface area (Å²) in [6.07, 6.45) is -2.62. The van der Waals surface area contributed by atoms with Gasteiger partial charge in [-0.2, -0.15) is 12.1 Å². The summed E-state index contributed by atoms with van der Waals surface area (Å²) in [5.74, 6) is 0.0833. The van der Waals surface area contributed by atoms with Crippen LogP contribution in [0.5, 0.6) is 5.75 Å². The second kappa shape index (κ2) is 7.09. The molecule has 0 amide bonds. The molecule has 0 aliphatic rings. The van der Waals surface area contributed by atoms with E-state index < -0.39 is 18.5 Å². The van der Waals surface area contributed by atoms with Gasteiger partial charge >= 0.3 is 0 Å². The van der Waals surface area contributed by atoms with Gasteiger partial charge in [-0.15, -0.1) is 6.07 Å². The Bertz CT molecular complexity index is 656. The van der Waals surface area contributed by atoms with Crippen LogP contribution in [0.15, 0.2) is 35.1 Å². The average molecular weight is 353 g/mol.